The van der Waals surface area contributed by atoms with Crippen LogP contribution in [0.4, 0.5) is 13.2 Å². The monoisotopic (exact) mass is 427 g/mol. The van der Waals surface area contributed by atoms with Gasteiger partial charge in [0.25, 0.3) is 11.7 Å². The average molecular weight is 427 g/mol. The van der Waals surface area contributed by atoms with Gasteiger partial charge >= 0.3 is 6.18 Å². The van der Waals surface area contributed by atoms with E-state index in [9.17, 15) is 18.0 Å². The van der Waals surface area contributed by atoms with Crippen molar-refractivity contribution in [2.75, 3.05) is 7.11 Å². The van der Waals surface area contributed by atoms with E-state index in [0.29, 0.717) is 15.8 Å². The highest BCUT2D eigenvalue weighted by molar-refractivity contribution is 5.90. The smallest absolute Gasteiger partial charge is 0.433 e. The highest BCUT2D eigenvalue weighted by Crippen LogP contribution is 2.31. The second kappa shape index (κ2) is 8.05. The van der Waals surface area contributed by atoms with E-state index < -0.39 is 23.6 Å². The molecule has 2 heterocycles. The van der Waals surface area contributed by atoms with Crippen molar-refractivity contribution in [3.05, 3.63) is 77.7 Å². The van der Waals surface area contributed by atoms with Crippen LogP contribution in [0.25, 0.3) is 17.0 Å². The number of benzene rings is 2. The molecule has 7 nitrogen and oxygen atoms in total. The first-order valence-corrected chi connectivity index (χ1v) is 9.17. The zero-order valence-electron chi connectivity index (χ0n) is 16.2. The Morgan fingerprint density at radius 2 is 1.77 bits per heavy atom. The maximum Gasteiger partial charge on any atom is 0.433 e. The van der Waals surface area contributed by atoms with Crippen molar-refractivity contribution in [3.63, 3.8) is 0 Å². The number of methoxy groups -OCH3 is 1. The van der Waals surface area contributed by atoms with Crippen LogP contribution in [0.5, 0.6) is 5.75 Å². The first kappa shape index (κ1) is 20.3. The third kappa shape index (κ3) is 4.32. The predicted molar refractivity (Wildman–Crippen MR) is 105 cm³/mol. The van der Waals surface area contributed by atoms with Gasteiger partial charge in [-0.05, 0) is 23.8 Å². The topological polar surface area (TPSA) is 81.4 Å². The molecule has 10 heteroatoms. The minimum Gasteiger partial charge on any atom is -0.497 e. The number of halogens is 3. The number of aromatic nitrogens is 4. The largest absolute Gasteiger partial charge is 0.497 e. The molecule has 0 saturated carbocycles. The lowest BCUT2D eigenvalue weighted by Crippen LogP contribution is -2.24. The third-order valence-electron chi connectivity index (χ3n) is 4.49. The van der Waals surface area contributed by atoms with Gasteiger partial charge in [-0.1, -0.05) is 42.5 Å². The Hall–Kier alpha value is -3.95. The first-order valence-electron chi connectivity index (χ1n) is 9.17. The molecule has 1 N–H and O–H groups in total. The van der Waals surface area contributed by atoms with Crippen LogP contribution in [-0.4, -0.2) is 32.6 Å². The van der Waals surface area contributed by atoms with Crippen LogP contribution in [0.2, 0.25) is 0 Å². The highest BCUT2D eigenvalue weighted by Gasteiger charge is 2.36. The minimum atomic E-state index is -4.71. The number of amides is 1. The van der Waals surface area contributed by atoms with Gasteiger partial charge in [-0.15, -0.1) is 5.10 Å². The van der Waals surface area contributed by atoms with Crippen molar-refractivity contribution in [3.8, 4) is 17.0 Å². The fourth-order valence-electron chi connectivity index (χ4n) is 2.93. The summed E-state index contributed by atoms with van der Waals surface area (Å²) >= 11 is 0. The summed E-state index contributed by atoms with van der Waals surface area (Å²) in [6, 6.07) is 16.3. The van der Waals surface area contributed by atoms with Crippen molar-refractivity contribution in [1.29, 1.82) is 0 Å². The lowest BCUT2D eigenvalue weighted by molar-refractivity contribution is -0.142. The summed E-state index contributed by atoms with van der Waals surface area (Å²) < 4.78 is 46.5. The number of hydrogen-bond acceptors (Lipinski definition) is 5. The molecule has 0 saturated heterocycles. The Balaban J connectivity index is 1.65. The summed E-state index contributed by atoms with van der Waals surface area (Å²) in [5.41, 5.74) is 0.276. The summed E-state index contributed by atoms with van der Waals surface area (Å²) in [5, 5.41) is 6.34. The van der Waals surface area contributed by atoms with Crippen LogP contribution in [0, 0.1) is 0 Å². The number of alkyl halides is 3. The van der Waals surface area contributed by atoms with Gasteiger partial charge < -0.3 is 10.1 Å². The van der Waals surface area contributed by atoms with Gasteiger partial charge in [-0.3, -0.25) is 4.79 Å². The Morgan fingerprint density at radius 3 is 2.42 bits per heavy atom. The van der Waals surface area contributed by atoms with Crippen LogP contribution in [0.1, 0.15) is 21.9 Å². The lowest BCUT2D eigenvalue weighted by atomic mass is 10.1. The fraction of sp³-hybridized carbons (Fsp3) is 0.143. The molecule has 0 aliphatic rings. The van der Waals surface area contributed by atoms with Gasteiger partial charge in [-0.25, -0.2) is 4.98 Å². The quantitative estimate of drug-likeness (QED) is 0.525. The lowest BCUT2D eigenvalue weighted by Gasteiger charge is -2.10. The van der Waals surface area contributed by atoms with Gasteiger partial charge in [0.15, 0.2) is 5.69 Å². The van der Waals surface area contributed by atoms with Crippen molar-refractivity contribution in [2.24, 2.45) is 0 Å². The molecule has 1 amide bonds. The van der Waals surface area contributed by atoms with E-state index in [0.717, 1.165) is 11.6 Å². The average Bonchev–Trinajstić information content (AvgIpc) is 3.21. The van der Waals surface area contributed by atoms with E-state index in [1.54, 1.807) is 54.6 Å². The molecule has 0 unspecified atom stereocenters. The number of nitrogens with one attached hydrogen (secondary N) is 1. The van der Waals surface area contributed by atoms with Gasteiger partial charge in [0.05, 0.1) is 12.8 Å². The van der Waals surface area contributed by atoms with Crippen LogP contribution in [0.3, 0.4) is 0 Å². The molecule has 0 spiro atoms. The Kier molecular flexibility index (Phi) is 5.28. The SMILES string of the molecule is COc1ccc(CNC(=O)c2nc3nc(-c4ccccc4)cc(C(F)(F)F)n3n2)cc1. The molecule has 0 atom stereocenters. The maximum atomic E-state index is 13.6. The molecule has 4 aromatic rings. The number of hydrogen-bond donors (Lipinski definition) is 1. The molecular weight excluding hydrogens is 411 g/mol. The van der Waals surface area contributed by atoms with E-state index >= 15 is 0 Å². The van der Waals surface area contributed by atoms with Gasteiger partial charge in [0.1, 0.15) is 5.75 Å². The molecule has 4 rings (SSSR count). The van der Waals surface area contributed by atoms with Crippen LogP contribution < -0.4 is 10.1 Å². The fourth-order valence-corrected chi connectivity index (χ4v) is 2.93. The first-order chi connectivity index (χ1) is 14.8. The number of fused-ring (bicyclic) bond motifs is 1. The number of rotatable bonds is 5. The summed E-state index contributed by atoms with van der Waals surface area (Å²) in [7, 11) is 1.54. The zero-order chi connectivity index (χ0) is 22.0. The van der Waals surface area contributed by atoms with Crippen LogP contribution in [0.15, 0.2) is 60.7 Å². The van der Waals surface area contributed by atoms with Gasteiger partial charge in [-0.2, -0.15) is 22.7 Å². The van der Waals surface area contributed by atoms with Crippen molar-refractivity contribution >= 4 is 11.7 Å². The maximum absolute atomic E-state index is 13.6. The molecular formula is C21H16F3N5O2. The van der Waals surface area contributed by atoms with Crippen molar-refractivity contribution in [1.82, 2.24) is 24.9 Å². The van der Waals surface area contributed by atoms with Crippen LogP contribution in [-0.2, 0) is 12.7 Å². The number of nitrogens with zero attached hydrogens (tertiary/aromatic N) is 4. The van der Waals surface area contributed by atoms with E-state index in [1.807, 2.05) is 0 Å². The molecule has 2 aromatic heterocycles. The van der Waals surface area contributed by atoms with Gasteiger partial charge in [0, 0.05) is 12.1 Å². The standard InChI is InChI=1S/C21H16F3N5O2/c1-31-15-9-7-13(8-10-15)12-25-19(30)18-27-20-26-16(14-5-3-2-4-6-14)11-17(21(22,23)24)29(20)28-18/h2-11H,12H2,1H3,(H,25,30). The normalized spacial score (nSPS) is 11.5. The minimum absolute atomic E-state index is 0.0815. The Labute approximate surface area is 174 Å². The van der Waals surface area contributed by atoms with Crippen LogP contribution >= 0.6 is 0 Å². The Bertz CT molecular complexity index is 1220. The summed E-state index contributed by atoms with van der Waals surface area (Å²) in [6.45, 7) is 0.146. The molecule has 158 valence electrons. The third-order valence-corrected chi connectivity index (χ3v) is 4.49. The molecule has 0 aliphatic carbocycles. The Morgan fingerprint density at radius 1 is 1.06 bits per heavy atom. The zero-order valence-corrected chi connectivity index (χ0v) is 16.2. The van der Waals surface area contributed by atoms with E-state index in [-0.39, 0.29) is 18.0 Å². The van der Waals surface area contributed by atoms with E-state index in [4.69, 9.17) is 4.74 Å². The molecule has 2 aromatic carbocycles. The van der Waals surface area contributed by atoms with Crippen molar-refractivity contribution in [2.45, 2.75) is 12.7 Å². The number of carbonyl (C=O) groups excluding carboxylic acids is 1. The van der Waals surface area contributed by atoms with E-state index in [1.165, 1.54) is 7.11 Å². The summed E-state index contributed by atoms with van der Waals surface area (Å²) in [6.07, 6.45) is -4.71. The van der Waals surface area contributed by atoms with Crippen molar-refractivity contribution < 1.29 is 22.7 Å². The summed E-state index contributed by atoms with van der Waals surface area (Å²) in [5.74, 6) is -0.771. The molecule has 0 fully saturated rings. The predicted octanol–water partition coefficient (Wildman–Crippen LogP) is 3.75. The number of ether oxygens (including phenoxy) is 1. The number of carbonyl (C=O) groups is 1. The van der Waals surface area contributed by atoms with E-state index in [2.05, 4.69) is 20.4 Å². The molecule has 0 radical (unpaired) electrons. The second-order valence-corrected chi connectivity index (χ2v) is 6.57. The molecule has 31 heavy (non-hydrogen) atoms. The second-order valence-electron chi connectivity index (χ2n) is 6.57. The summed E-state index contributed by atoms with van der Waals surface area (Å²) in [4.78, 5) is 20.5. The molecule has 0 bridgehead atoms. The highest BCUT2D eigenvalue weighted by atomic mass is 19.4. The van der Waals surface area contributed by atoms with Gasteiger partial charge in [0.2, 0.25) is 5.82 Å². The molecule has 0 aliphatic heterocycles.